The van der Waals surface area contributed by atoms with Crippen molar-refractivity contribution < 1.29 is 26.7 Å². The average molecular weight is 351 g/mol. The van der Waals surface area contributed by atoms with E-state index in [-0.39, 0.29) is 10.5 Å². The van der Waals surface area contributed by atoms with Gasteiger partial charge in [-0.25, -0.2) is 8.42 Å². The molecule has 1 fully saturated rings. The van der Waals surface area contributed by atoms with Gasteiger partial charge < -0.3 is 5.11 Å². The molecular weight excluding hydrogens is 331 g/mol. The van der Waals surface area contributed by atoms with Crippen LogP contribution in [0.5, 0.6) is 0 Å². The molecule has 1 saturated heterocycles. The second-order valence-corrected chi connectivity index (χ2v) is 7.85. The maximum Gasteiger partial charge on any atom is 0.421 e. The van der Waals surface area contributed by atoms with E-state index in [0.29, 0.717) is 20.0 Å². The second kappa shape index (κ2) is 6.41. The Labute approximate surface area is 134 Å². The molecule has 0 amide bonds. The molecule has 1 aromatic rings. The molecule has 0 aliphatic carbocycles. The van der Waals surface area contributed by atoms with Gasteiger partial charge >= 0.3 is 6.18 Å². The third-order valence-electron chi connectivity index (χ3n) is 4.17. The quantitative estimate of drug-likeness (QED) is 0.911. The minimum atomic E-state index is -4.84. The largest absolute Gasteiger partial charge is 0.421 e. The number of halogens is 3. The van der Waals surface area contributed by atoms with Crippen LogP contribution >= 0.6 is 0 Å². The number of sulfonamides is 1. The molecular formula is C15H20F3NO3S. The lowest BCUT2D eigenvalue weighted by Gasteiger charge is -2.27. The molecule has 4 nitrogen and oxygen atoms in total. The van der Waals surface area contributed by atoms with Gasteiger partial charge in [-0.05, 0) is 37.5 Å². The van der Waals surface area contributed by atoms with Crippen molar-refractivity contribution in [2.75, 3.05) is 13.1 Å². The Hall–Kier alpha value is -1.12. The van der Waals surface area contributed by atoms with Crippen molar-refractivity contribution in [2.24, 2.45) is 0 Å². The Kier molecular flexibility index (Phi) is 5.08. The Morgan fingerprint density at radius 1 is 1.00 bits per heavy atom. The molecule has 0 radical (unpaired) electrons. The Balaban J connectivity index is 2.28. The van der Waals surface area contributed by atoms with Crippen molar-refractivity contribution >= 4 is 10.0 Å². The first-order valence-electron chi connectivity index (χ1n) is 7.46. The summed E-state index contributed by atoms with van der Waals surface area (Å²) in [5, 5.41) is 9.62. The zero-order chi connectivity index (χ0) is 17.3. The van der Waals surface area contributed by atoms with Gasteiger partial charge in [-0.2, -0.15) is 17.5 Å². The van der Waals surface area contributed by atoms with Gasteiger partial charge in [0.25, 0.3) is 0 Å². The Morgan fingerprint density at radius 2 is 1.48 bits per heavy atom. The first-order chi connectivity index (χ1) is 10.6. The number of aliphatic hydroxyl groups is 1. The van der Waals surface area contributed by atoms with Gasteiger partial charge in [0.1, 0.15) is 0 Å². The lowest BCUT2D eigenvalue weighted by atomic mass is 9.96. The van der Waals surface area contributed by atoms with Crippen LogP contribution in [0, 0.1) is 0 Å². The van der Waals surface area contributed by atoms with E-state index in [4.69, 9.17) is 0 Å². The highest BCUT2D eigenvalue weighted by Gasteiger charge is 2.51. The van der Waals surface area contributed by atoms with Crippen molar-refractivity contribution in [3.05, 3.63) is 29.8 Å². The molecule has 1 aliphatic heterocycles. The molecule has 8 heteroatoms. The summed E-state index contributed by atoms with van der Waals surface area (Å²) in [6.45, 7) is 1.49. The summed E-state index contributed by atoms with van der Waals surface area (Å²) in [5.74, 6) is 0. The van der Waals surface area contributed by atoms with E-state index < -0.39 is 21.8 Å². The highest BCUT2D eigenvalue weighted by Crippen LogP contribution is 2.38. The summed E-state index contributed by atoms with van der Waals surface area (Å²) >= 11 is 0. The van der Waals surface area contributed by atoms with E-state index in [1.165, 1.54) is 4.31 Å². The van der Waals surface area contributed by atoms with Crippen molar-refractivity contribution in [3.8, 4) is 0 Å². The normalized spacial score (nSPS) is 20.7. The first kappa shape index (κ1) is 18.2. The highest BCUT2D eigenvalue weighted by atomic mass is 32.2. The van der Waals surface area contributed by atoms with E-state index >= 15 is 0 Å². The number of alkyl halides is 3. The van der Waals surface area contributed by atoms with Crippen LogP contribution in [-0.4, -0.2) is 37.1 Å². The van der Waals surface area contributed by atoms with Crippen molar-refractivity contribution in [1.82, 2.24) is 4.31 Å². The fourth-order valence-corrected chi connectivity index (χ4v) is 4.06. The number of hydrogen-bond acceptors (Lipinski definition) is 3. The van der Waals surface area contributed by atoms with E-state index in [2.05, 4.69) is 0 Å². The van der Waals surface area contributed by atoms with Crippen LogP contribution in [0.1, 0.15) is 38.2 Å². The van der Waals surface area contributed by atoms with Gasteiger partial charge in [0.2, 0.25) is 10.0 Å². The lowest BCUT2D eigenvalue weighted by molar-refractivity contribution is -0.258. The van der Waals surface area contributed by atoms with Crippen LogP contribution in [0.15, 0.2) is 29.2 Å². The minimum absolute atomic E-state index is 0.0545. The fourth-order valence-electron chi connectivity index (χ4n) is 2.55. The van der Waals surface area contributed by atoms with E-state index in [1.807, 2.05) is 0 Å². The van der Waals surface area contributed by atoms with Crippen LogP contribution in [0.2, 0.25) is 0 Å². The lowest BCUT2D eigenvalue weighted by Crippen LogP contribution is -2.39. The molecule has 1 heterocycles. The Bertz CT molecular complexity index is 631. The molecule has 0 aromatic heterocycles. The number of nitrogens with zero attached hydrogens (tertiary/aromatic N) is 1. The molecule has 0 bridgehead atoms. The van der Waals surface area contributed by atoms with Crippen LogP contribution in [0.4, 0.5) is 13.2 Å². The molecule has 1 N–H and O–H groups in total. The fraction of sp³-hybridized carbons (Fsp3) is 0.600. The minimum Gasteiger partial charge on any atom is -0.376 e. The zero-order valence-corrected chi connectivity index (χ0v) is 13.6. The highest BCUT2D eigenvalue weighted by molar-refractivity contribution is 7.89. The summed E-state index contributed by atoms with van der Waals surface area (Å²) in [4.78, 5) is -0.0545. The van der Waals surface area contributed by atoms with Crippen LogP contribution in [0.25, 0.3) is 0 Å². The number of benzene rings is 1. The van der Waals surface area contributed by atoms with E-state index in [9.17, 15) is 26.7 Å². The predicted octanol–water partition coefficient (Wildman–Crippen LogP) is 3.02. The van der Waals surface area contributed by atoms with Crippen molar-refractivity contribution in [2.45, 2.75) is 49.3 Å². The van der Waals surface area contributed by atoms with Crippen molar-refractivity contribution in [3.63, 3.8) is 0 Å². The number of hydrogen-bond donors (Lipinski definition) is 1. The maximum absolute atomic E-state index is 12.8. The standard InChI is InChI=1S/C15H20F3NO3S/c1-14(20,15(16,17)18)12-6-8-13(9-7-12)23(21,22)19-10-4-2-3-5-11-19/h6-9,20H,2-5,10-11H2,1H3. The SMILES string of the molecule is CC(O)(c1ccc(S(=O)(=O)N2CCCCCC2)cc1)C(F)(F)F. The Morgan fingerprint density at radius 3 is 1.91 bits per heavy atom. The molecule has 23 heavy (non-hydrogen) atoms. The predicted molar refractivity (Wildman–Crippen MR) is 79.3 cm³/mol. The summed E-state index contributed by atoms with van der Waals surface area (Å²) in [7, 11) is -3.71. The molecule has 0 saturated carbocycles. The van der Waals surface area contributed by atoms with Crippen LogP contribution in [-0.2, 0) is 15.6 Å². The van der Waals surface area contributed by atoms with Crippen molar-refractivity contribution in [1.29, 1.82) is 0 Å². The summed E-state index contributed by atoms with van der Waals surface area (Å²) in [6, 6.07) is 4.27. The van der Waals surface area contributed by atoms with Crippen LogP contribution < -0.4 is 0 Å². The first-order valence-corrected chi connectivity index (χ1v) is 8.90. The average Bonchev–Trinajstić information content (AvgIpc) is 2.75. The third-order valence-corrected chi connectivity index (χ3v) is 6.08. The maximum atomic E-state index is 12.8. The molecule has 1 unspecified atom stereocenters. The number of rotatable bonds is 3. The molecule has 1 atom stereocenters. The molecule has 1 aliphatic rings. The molecule has 2 rings (SSSR count). The smallest absolute Gasteiger partial charge is 0.376 e. The topological polar surface area (TPSA) is 57.6 Å². The van der Waals surface area contributed by atoms with Gasteiger partial charge in [-0.1, -0.05) is 25.0 Å². The summed E-state index contributed by atoms with van der Waals surface area (Å²) < 4.78 is 64.9. The molecule has 1 aromatic carbocycles. The van der Waals surface area contributed by atoms with Gasteiger partial charge in [0, 0.05) is 13.1 Å². The van der Waals surface area contributed by atoms with E-state index in [0.717, 1.165) is 49.9 Å². The van der Waals surface area contributed by atoms with Gasteiger partial charge in [-0.15, -0.1) is 0 Å². The van der Waals surface area contributed by atoms with Gasteiger partial charge in [0.05, 0.1) is 4.90 Å². The van der Waals surface area contributed by atoms with Crippen LogP contribution in [0.3, 0.4) is 0 Å². The second-order valence-electron chi connectivity index (χ2n) is 5.91. The van der Waals surface area contributed by atoms with Gasteiger partial charge in [-0.3, -0.25) is 0 Å². The zero-order valence-electron chi connectivity index (χ0n) is 12.8. The molecule has 0 spiro atoms. The summed E-state index contributed by atoms with van der Waals surface area (Å²) in [5.41, 5.74) is -3.41. The molecule has 130 valence electrons. The monoisotopic (exact) mass is 351 g/mol. The van der Waals surface area contributed by atoms with E-state index in [1.54, 1.807) is 0 Å². The summed E-state index contributed by atoms with van der Waals surface area (Å²) in [6.07, 6.45) is -1.34. The van der Waals surface area contributed by atoms with Gasteiger partial charge in [0.15, 0.2) is 5.60 Å². The third kappa shape index (κ3) is 3.70.